The zero-order valence-corrected chi connectivity index (χ0v) is 12.0. The van der Waals surface area contributed by atoms with Crippen LogP contribution in [0.3, 0.4) is 0 Å². The molecule has 0 fully saturated rings. The molecule has 0 spiro atoms. The summed E-state index contributed by atoms with van der Waals surface area (Å²) < 4.78 is 2.51. The maximum Gasteiger partial charge on any atom is 0.303 e. The highest BCUT2D eigenvalue weighted by atomic mass is 16.4. The number of hydrogen-bond donors (Lipinski definition) is 1. The van der Waals surface area contributed by atoms with E-state index in [0.717, 1.165) is 25.8 Å². The first-order valence-corrected chi connectivity index (χ1v) is 7.64. The van der Waals surface area contributed by atoms with Crippen molar-refractivity contribution in [1.82, 2.24) is 4.57 Å². The number of carbonyl (C=O) groups is 1. The van der Waals surface area contributed by atoms with Gasteiger partial charge in [0.05, 0.1) is 0 Å². The largest absolute Gasteiger partial charge is 0.481 e. The van der Waals surface area contributed by atoms with Gasteiger partial charge >= 0.3 is 5.97 Å². The molecule has 0 unspecified atom stereocenters. The van der Waals surface area contributed by atoms with Gasteiger partial charge in [-0.15, -0.1) is 0 Å². The zero-order chi connectivity index (χ0) is 13.7. The Balaban J connectivity index is 2.02. The van der Waals surface area contributed by atoms with Crippen molar-refractivity contribution in [3.63, 3.8) is 0 Å². The molecular weight excluding hydrogens is 238 g/mol. The number of carboxylic acid groups (broad SMARTS) is 1. The molecule has 1 N–H and O–H groups in total. The van der Waals surface area contributed by atoms with Crippen LogP contribution in [0.4, 0.5) is 0 Å². The summed E-state index contributed by atoms with van der Waals surface area (Å²) in [7, 11) is 0. The van der Waals surface area contributed by atoms with Crippen LogP contribution < -0.4 is 0 Å². The monoisotopic (exact) mass is 263 g/mol. The SMILES string of the molecule is CCCn1c(CCCCC(=O)O)cc2c1CCCC2. The van der Waals surface area contributed by atoms with E-state index in [9.17, 15) is 4.79 Å². The number of carboxylic acids is 1. The minimum Gasteiger partial charge on any atom is -0.481 e. The molecule has 0 bridgehead atoms. The fourth-order valence-electron chi connectivity index (χ4n) is 3.12. The third-order valence-electron chi connectivity index (χ3n) is 4.01. The molecule has 0 saturated heterocycles. The lowest BCUT2D eigenvalue weighted by Crippen LogP contribution is -2.10. The molecule has 1 aliphatic carbocycles. The summed E-state index contributed by atoms with van der Waals surface area (Å²) in [5, 5.41) is 8.68. The fourth-order valence-corrected chi connectivity index (χ4v) is 3.12. The Morgan fingerprint density at radius 2 is 2.11 bits per heavy atom. The first kappa shape index (κ1) is 14.2. The van der Waals surface area contributed by atoms with Crippen LogP contribution in [0.2, 0.25) is 0 Å². The van der Waals surface area contributed by atoms with Crippen molar-refractivity contribution >= 4 is 5.97 Å². The topological polar surface area (TPSA) is 42.2 Å². The lowest BCUT2D eigenvalue weighted by Gasteiger charge is -2.16. The number of unbranched alkanes of at least 4 members (excludes halogenated alkanes) is 1. The molecule has 3 heteroatoms. The Morgan fingerprint density at radius 3 is 2.84 bits per heavy atom. The van der Waals surface area contributed by atoms with Gasteiger partial charge in [0.2, 0.25) is 0 Å². The molecule has 3 nitrogen and oxygen atoms in total. The smallest absolute Gasteiger partial charge is 0.303 e. The van der Waals surface area contributed by atoms with E-state index in [0.29, 0.717) is 6.42 Å². The van der Waals surface area contributed by atoms with E-state index in [1.807, 2.05) is 0 Å². The van der Waals surface area contributed by atoms with Crippen LogP contribution in [-0.2, 0) is 30.6 Å². The Labute approximate surface area is 115 Å². The van der Waals surface area contributed by atoms with E-state index in [4.69, 9.17) is 5.11 Å². The van der Waals surface area contributed by atoms with Crippen LogP contribution >= 0.6 is 0 Å². The summed E-state index contributed by atoms with van der Waals surface area (Å²) in [5.74, 6) is -0.678. The third kappa shape index (κ3) is 3.62. The molecule has 2 rings (SSSR count). The highest BCUT2D eigenvalue weighted by Gasteiger charge is 2.17. The number of hydrogen-bond acceptors (Lipinski definition) is 1. The van der Waals surface area contributed by atoms with Crippen LogP contribution in [0, 0.1) is 0 Å². The predicted octanol–water partition coefficient (Wildman–Crippen LogP) is 3.57. The molecule has 1 heterocycles. The summed E-state index contributed by atoms with van der Waals surface area (Å²) in [6.45, 7) is 3.34. The number of aromatic nitrogens is 1. The Bertz CT molecular complexity index is 434. The van der Waals surface area contributed by atoms with Crippen molar-refractivity contribution in [1.29, 1.82) is 0 Å². The second kappa shape index (κ2) is 6.78. The standard InChI is InChI=1S/C16H25NO2/c1-2-11-17-14(8-4-6-10-16(18)19)12-13-7-3-5-9-15(13)17/h12H,2-11H2,1H3,(H,18,19). The Hall–Kier alpha value is -1.25. The van der Waals surface area contributed by atoms with Crippen molar-refractivity contribution < 1.29 is 9.90 Å². The molecule has 0 saturated carbocycles. The molecule has 0 radical (unpaired) electrons. The molecule has 0 atom stereocenters. The van der Waals surface area contributed by atoms with Gasteiger partial charge in [0.15, 0.2) is 0 Å². The highest BCUT2D eigenvalue weighted by Crippen LogP contribution is 2.26. The number of aliphatic carboxylic acids is 1. The van der Waals surface area contributed by atoms with Gasteiger partial charge in [-0.2, -0.15) is 0 Å². The first-order chi connectivity index (χ1) is 9.22. The summed E-state index contributed by atoms with van der Waals surface area (Å²) in [4.78, 5) is 10.5. The summed E-state index contributed by atoms with van der Waals surface area (Å²) in [5.41, 5.74) is 4.54. The minimum absolute atomic E-state index is 0.300. The van der Waals surface area contributed by atoms with Crippen molar-refractivity contribution in [2.45, 2.75) is 71.3 Å². The van der Waals surface area contributed by atoms with Crippen LogP contribution in [0.5, 0.6) is 0 Å². The summed E-state index contributed by atoms with van der Waals surface area (Å²) in [6, 6.07) is 2.38. The van der Waals surface area contributed by atoms with Crippen molar-refractivity contribution in [3.05, 3.63) is 23.0 Å². The number of nitrogens with zero attached hydrogens (tertiary/aromatic N) is 1. The van der Waals surface area contributed by atoms with Crippen LogP contribution in [0.25, 0.3) is 0 Å². The molecule has 106 valence electrons. The number of fused-ring (bicyclic) bond motifs is 1. The van der Waals surface area contributed by atoms with Gasteiger partial charge in [-0.25, -0.2) is 0 Å². The van der Waals surface area contributed by atoms with Gasteiger partial charge in [-0.1, -0.05) is 6.92 Å². The molecule has 1 aromatic heterocycles. The second-order valence-corrected chi connectivity index (χ2v) is 5.57. The maximum absolute atomic E-state index is 10.5. The average molecular weight is 263 g/mol. The summed E-state index contributed by atoms with van der Waals surface area (Å²) in [6.07, 6.45) is 9.37. The average Bonchev–Trinajstić information content (AvgIpc) is 2.74. The lowest BCUT2D eigenvalue weighted by molar-refractivity contribution is -0.137. The lowest BCUT2D eigenvalue weighted by atomic mass is 9.98. The molecule has 0 aliphatic heterocycles. The summed E-state index contributed by atoms with van der Waals surface area (Å²) >= 11 is 0. The molecule has 1 aromatic rings. The molecule has 0 amide bonds. The van der Waals surface area contributed by atoms with Gasteiger partial charge in [0, 0.05) is 24.4 Å². The van der Waals surface area contributed by atoms with Gasteiger partial charge < -0.3 is 9.67 Å². The van der Waals surface area contributed by atoms with Gasteiger partial charge in [0.1, 0.15) is 0 Å². The first-order valence-electron chi connectivity index (χ1n) is 7.64. The van der Waals surface area contributed by atoms with Gasteiger partial charge in [0.25, 0.3) is 0 Å². The van der Waals surface area contributed by atoms with Crippen molar-refractivity contribution in [2.24, 2.45) is 0 Å². The quantitative estimate of drug-likeness (QED) is 0.764. The van der Waals surface area contributed by atoms with Crippen LogP contribution in [0.1, 0.15) is 62.4 Å². The van der Waals surface area contributed by atoms with E-state index in [1.54, 1.807) is 11.3 Å². The van der Waals surface area contributed by atoms with E-state index in [-0.39, 0.29) is 0 Å². The second-order valence-electron chi connectivity index (χ2n) is 5.57. The minimum atomic E-state index is -0.678. The predicted molar refractivity (Wildman–Crippen MR) is 76.6 cm³/mol. The zero-order valence-electron chi connectivity index (χ0n) is 12.0. The highest BCUT2D eigenvalue weighted by molar-refractivity contribution is 5.66. The Kier molecular flexibility index (Phi) is 5.06. The van der Waals surface area contributed by atoms with E-state index >= 15 is 0 Å². The van der Waals surface area contributed by atoms with Gasteiger partial charge in [-0.05, 0) is 63.0 Å². The normalized spacial score (nSPS) is 14.4. The molecular formula is C16H25NO2. The molecule has 1 aliphatic rings. The van der Waals surface area contributed by atoms with Crippen LogP contribution in [0.15, 0.2) is 6.07 Å². The number of rotatable bonds is 7. The fraction of sp³-hybridized carbons (Fsp3) is 0.688. The van der Waals surface area contributed by atoms with E-state index in [2.05, 4.69) is 17.6 Å². The number of aryl methyl sites for hydroxylation is 2. The third-order valence-corrected chi connectivity index (χ3v) is 4.01. The van der Waals surface area contributed by atoms with Crippen molar-refractivity contribution in [3.8, 4) is 0 Å². The van der Waals surface area contributed by atoms with Crippen LogP contribution in [-0.4, -0.2) is 15.6 Å². The molecule has 19 heavy (non-hydrogen) atoms. The van der Waals surface area contributed by atoms with Crippen molar-refractivity contribution in [2.75, 3.05) is 0 Å². The van der Waals surface area contributed by atoms with E-state index < -0.39 is 5.97 Å². The maximum atomic E-state index is 10.5. The Morgan fingerprint density at radius 1 is 1.32 bits per heavy atom. The molecule has 0 aromatic carbocycles. The van der Waals surface area contributed by atoms with Gasteiger partial charge in [-0.3, -0.25) is 4.79 Å². The van der Waals surface area contributed by atoms with E-state index in [1.165, 1.54) is 37.8 Å².